The Morgan fingerprint density at radius 2 is 2.00 bits per heavy atom. The van der Waals surface area contributed by atoms with Gasteiger partial charge in [0.05, 0.1) is 0 Å². The van der Waals surface area contributed by atoms with Crippen LogP contribution in [0.15, 0.2) is 36.4 Å². The molecular formula is C20H21NO3S. The van der Waals surface area contributed by atoms with Gasteiger partial charge in [-0.05, 0) is 74.6 Å². The molecule has 1 aliphatic carbocycles. The minimum Gasteiger partial charge on any atom is -0.449 e. The van der Waals surface area contributed by atoms with Crippen LogP contribution in [0.3, 0.4) is 0 Å². The second-order valence-electron chi connectivity index (χ2n) is 6.19. The lowest BCUT2D eigenvalue weighted by Gasteiger charge is -2.13. The van der Waals surface area contributed by atoms with E-state index in [2.05, 4.69) is 11.4 Å². The summed E-state index contributed by atoms with van der Waals surface area (Å²) in [7, 11) is 0. The third-order valence-corrected chi connectivity index (χ3v) is 5.14. The molecule has 1 heterocycles. The molecule has 1 aliphatic rings. The smallest absolute Gasteiger partial charge is 0.331 e. The number of esters is 1. The zero-order chi connectivity index (χ0) is 17.8. The number of aryl methyl sites for hydroxylation is 3. The van der Waals surface area contributed by atoms with Crippen LogP contribution in [0.1, 0.15) is 34.2 Å². The van der Waals surface area contributed by atoms with E-state index in [0.29, 0.717) is 0 Å². The Morgan fingerprint density at radius 1 is 1.20 bits per heavy atom. The van der Waals surface area contributed by atoms with Gasteiger partial charge in [0.2, 0.25) is 0 Å². The van der Waals surface area contributed by atoms with Crippen LogP contribution in [0.4, 0.5) is 5.69 Å². The monoisotopic (exact) mass is 355 g/mol. The van der Waals surface area contributed by atoms with Gasteiger partial charge in [-0.2, -0.15) is 0 Å². The van der Waals surface area contributed by atoms with E-state index in [1.54, 1.807) is 24.3 Å². The van der Waals surface area contributed by atoms with Crippen LogP contribution in [0.2, 0.25) is 0 Å². The van der Waals surface area contributed by atoms with Gasteiger partial charge in [0, 0.05) is 21.5 Å². The predicted octanol–water partition coefficient (Wildman–Crippen LogP) is 4.13. The van der Waals surface area contributed by atoms with Crippen LogP contribution < -0.4 is 5.32 Å². The first-order valence-corrected chi connectivity index (χ1v) is 9.21. The van der Waals surface area contributed by atoms with Crippen molar-refractivity contribution in [3.05, 3.63) is 57.3 Å². The summed E-state index contributed by atoms with van der Waals surface area (Å²) >= 11 is 1.59. The molecule has 0 saturated heterocycles. The number of carbonyl (C=O) groups is 2. The Balaban J connectivity index is 1.53. The van der Waals surface area contributed by atoms with Gasteiger partial charge in [-0.15, -0.1) is 11.3 Å². The molecule has 1 aromatic carbocycles. The molecule has 1 N–H and O–H groups in total. The molecule has 0 aliphatic heterocycles. The number of fused-ring (bicyclic) bond motifs is 1. The summed E-state index contributed by atoms with van der Waals surface area (Å²) in [5.41, 5.74) is 3.39. The van der Waals surface area contributed by atoms with E-state index in [1.807, 2.05) is 31.2 Å². The molecule has 4 nitrogen and oxygen atoms in total. The van der Waals surface area contributed by atoms with Crippen molar-refractivity contribution in [2.75, 3.05) is 5.32 Å². The molecule has 1 amide bonds. The first-order valence-electron chi connectivity index (χ1n) is 8.39. The Bertz CT molecular complexity index is 822. The molecule has 2 aromatic rings. The van der Waals surface area contributed by atoms with Gasteiger partial charge in [0.25, 0.3) is 5.91 Å². The minimum absolute atomic E-state index is 0.327. The number of benzene rings is 1. The van der Waals surface area contributed by atoms with Crippen molar-refractivity contribution in [2.45, 2.75) is 39.2 Å². The third kappa shape index (κ3) is 4.57. The second kappa shape index (κ2) is 7.66. The summed E-state index contributed by atoms with van der Waals surface area (Å²) in [6, 6.07) is 9.89. The van der Waals surface area contributed by atoms with Crippen LogP contribution in [0.5, 0.6) is 0 Å². The van der Waals surface area contributed by atoms with Crippen LogP contribution >= 0.6 is 11.3 Å². The van der Waals surface area contributed by atoms with Crippen LogP contribution in [-0.4, -0.2) is 18.0 Å². The second-order valence-corrected chi connectivity index (χ2v) is 7.51. The fraction of sp³-hybridized carbons (Fsp3) is 0.300. The fourth-order valence-corrected chi connectivity index (χ4v) is 3.63. The van der Waals surface area contributed by atoms with E-state index in [4.69, 9.17) is 4.74 Å². The van der Waals surface area contributed by atoms with Crippen LogP contribution in [-0.2, 0) is 27.2 Å². The fourth-order valence-electron chi connectivity index (χ4n) is 2.85. The van der Waals surface area contributed by atoms with Crippen molar-refractivity contribution < 1.29 is 14.3 Å². The van der Waals surface area contributed by atoms with Crippen molar-refractivity contribution in [1.82, 2.24) is 0 Å². The van der Waals surface area contributed by atoms with E-state index < -0.39 is 12.1 Å². The Labute approximate surface area is 151 Å². The van der Waals surface area contributed by atoms with E-state index in [9.17, 15) is 9.59 Å². The number of amides is 1. The number of anilines is 1. The largest absolute Gasteiger partial charge is 0.449 e. The molecule has 0 unspecified atom stereocenters. The SMILES string of the molecule is Cc1ccc(/C=C/C(=O)O[C@@H](C)C(=O)Nc2ccc3c(c2)CCC3)s1. The third-order valence-electron chi connectivity index (χ3n) is 4.17. The summed E-state index contributed by atoms with van der Waals surface area (Å²) in [5.74, 6) is -0.852. The van der Waals surface area contributed by atoms with Gasteiger partial charge in [-0.25, -0.2) is 4.79 Å². The van der Waals surface area contributed by atoms with E-state index in [-0.39, 0.29) is 5.91 Å². The highest BCUT2D eigenvalue weighted by molar-refractivity contribution is 7.12. The van der Waals surface area contributed by atoms with E-state index in [1.165, 1.54) is 22.1 Å². The van der Waals surface area contributed by atoms with Gasteiger partial charge in [0.15, 0.2) is 6.10 Å². The van der Waals surface area contributed by atoms with E-state index in [0.717, 1.165) is 29.8 Å². The van der Waals surface area contributed by atoms with E-state index >= 15 is 0 Å². The maximum absolute atomic E-state index is 12.2. The molecule has 0 spiro atoms. The molecule has 5 heteroatoms. The maximum atomic E-state index is 12.2. The van der Waals surface area contributed by atoms with Gasteiger partial charge in [0.1, 0.15) is 0 Å². The molecular weight excluding hydrogens is 334 g/mol. The maximum Gasteiger partial charge on any atom is 0.331 e. The Morgan fingerprint density at radius 3 is 2.76 bits per heavy atom. The predicted molar refractivity (Wildman–Crippen MR) is 101 cm³/mol. The summed E-state index contributed by atoms with van der Waals surface area (Å²) in [4.78, 5) is 26.2. The standard InChI is InChI=1S/C20H21NO3S/c1-13-6-9-18(25-13)10-11-19(22)24-14(2)20(23)21-17-8-7-15-4-3-5-16(15)12-17/h6-12,14H,3-5H2,1-2H3,(H,21,23)/b11-10+/t14-/m0/s1. The molecule has 0 bridgehead atoms. The number of carbonyl (C=O) groups excluding carboxylic acids is 2. The summed E-state index contributed by atoms with van der Waals surface area (Å²) in [6.45, 7) is 3.58. The molecule has 1 atom stereocenters. The van der Waals surface area contributed by atoms with Crippen LogP contribution in [0.25, 0.3) is 6.08 Å². The normalized spacial score (nSPS) is 14.3. The zero-order valence-electron chi connectivity index (χ0n) is 14.4. The topological polar surface area (TPSA) is 55.4 Å². The highest BCUT2D eigenvalue weighted by Gasteiger charge is 2.18. The Hall–Kier alpha value is -2.40. The number of rotatable bonds is 5. The molecule has 0 radical (unpaired) electrons. The van der Waals surface area contributed by atoms with Crippen LogP contribution in [0, 0.1) is 6.92 Å². The Kier molecular flexibility index (Phi) is 5.34. The van der Waals surface area contributed by atoms with Gasteiger partial charge in [-0.1, -0.05) is 6.07 Å². The van der Waals surface area contributed by atoms with Crippen molar-refractivity contribution in [2.24, 2.45) is 0 Å². The highest BCUT2D eigenvalue weighted by atomic mass is 32.1. The number of hydrogen-bond donors (Lipinski definition) is 1. The average Bonchev–Trinajstić information content (AvgIpc) is 3.21. The molecule has 3 rings (SSSR count). The molecule has 0 saturated carbocycles. The molecule has 130 valence electrons. The van der Waals surface area contributed by atoms with Crippen molar-refractivity contribution in [3.8, 4) is 0 Å². The van der Waals surface area contributed by atoms with Gasteiger partial charge >= 0.3 is 5.97 Å². The van der Waals surface area contributed by atoms with Crippen molar-refractivity contribution in [3.63, 3.8) is 0 Å². The molecule has 25 heavy (non-hydrogen) atoms. The minimum atomic E-state index is -0.851. The lowest BCUT2D eigenvalue weighted by Crippen LogP contribution is -2.29. The summed E-state index contributed by atoms with van der Waals surface area (Å²) < 4.78 is 5.17. The number of ether oxygens (including phenoxy) is 1. The van der Waals surface area contributed by atoms with Crippen molar-refractivity contribution in [1.29, 1.82) is 0 Å². The van der Waals surface area contributed by atoms with Gasteiger partial charge in [-0.3, -0.25) is 4.79 Å². The molecule has 1 aromatic heterocycles. The number of hydrogen-bond acceptors (Lipinski definition) is 4. The quantitative estimate of drug-likeness (QED) is 0.648. The highest BCUT2D eigenvalue weighted by Crippen LogP contribution is 2.25. The van der Waals surface area contributed by atoms with Gasteiger partial charge < -0.3 is 10.1 Å². The average molecular weight is 355 g/mol. The summed E-state index contributed by atoms with van der Waals surface area (Å²) in [5, 5.41) is 2.82. The number of nitrogens with one attached hydrogen (secondary N) is 1. The first-order chi connectivity index (χ1) is 12.0. The summed E-state index contributed by atoms with van der Waals surface area (Å²) in [6.07, 6.45) is 5.52. The lowest BCUT2D eigenvalue weighted by molar-refractivity contribution is -0.148. The zero-order valence-corrected chi connectivity index (χ0v) is 15.2. The first kappa shape index (κ1) is 17.4. The number of thiophene rings is 1. The molecule has 0 fully saturated rings. The lowest BCUT2D eigenvalue weighted by atomic mass is 10.1. The van der Waals surface area contributed by atoms with Crippen molar-refractivity contribution >= 4 is 35.0 Å².